The summed E-state index contributed by atoms with van der Waals surface area (Å²) in [5.74, 6) is -0.222. The van der Waals surface area contributed by atoms with E-state index in [2.05, 4.69) is 10.3 Å². The third kappa shape index (κ3) is 3.88. The zero-order valence-electron chi connectivity index (χ0n) is 11.6. The summed E-state index contributed by atoms with van der Waals surface area (Å²) < 4.78 is 0. The van der Waals surface area contributed by atoms with Gasteiger partial charge in [-0.1, -0.05) is 23.2 Å². The van der Waals surface area contributed by atoms with Crippen LogP contribution in [0.15, 0.2) is 52.4 Å². The number of thioether (sulfide) groups is 1. The van der Waals surface area contributed by atoms with Gasteiger partial charge >= 0.3 is 0 Å². The van der Waals surface area contributed by atoms with Gasteiger partial charge in [0.1, 0.15) is 5.75 Å². The molecule has 1 heterocycles. The number of amides is 1. The van der Waals surface area contributed by atoms with Gasteiger partial charge in [-0.2, -0.15) is 0 Å². The van der Waals surface area contributed by atoms with Gasteiger partial charge in [0.25, 0.3) is 5.91 Å². The minimum Gasteiger partial charge on any atom is -0.507 e. The molecule has 0 saturated carbocycles. The highest BCUT2D eigenvalue weighted by molar-refractivity contribution is 8.18. The van der Waals surface area contributed by atoms with Crippen molar-refractivity contribution in [1.82, 2.24) is 5.32 Å². The number of nitrogens with one attached hydrogen (secondary N) is 1. The van der Waals surface area contributed by atoms with E-state index in [1.54, 1.807) is 42.5 Å². The van der Waals surface area contributed by atoms with Crippen LogP contribution in [0.4, 0.5) is 5.69 Å². The standard InChI is InChI=1S/C16H10Cl2N2O2S/c17-10-1-4-12(5-2-10)19-16-20-15(22)14(23-16)8-9-7-11(18)3-6-13(9)21/h1-8,21H,(H,19,20,22). The number of aromatic hydroxyl groups is 1. The van der Waals surface area contributed by atoms with E-state index in [4.69, 9.17) is 23.2 Å². The SMILES string of the molecule is O=C1NC(=Nc2ccc(Cl)cc2)SC1=Cc1cc(Cl)ccc1O. The largest absolute Gasteiger partial charge is 0.507 e. The Kier molecular flexibility index (Phi) is 4.61. The molecular formula is C16H10Cl2N2O2S. The summed E-state index contributed by atoms with van der Waals surface area (Å²) in [6.07, 6.45) is 1.57. The van der Waals surface area contributed by atoms with Gasteiger partial charge in [-0.15, -0.1) is 0 Å². The van der Waals surface area contributed by atoms with E-state index >= 15 is 0 Å². The fourth-order valence-electron chi connectivity index (χ4n) is 1.90. The number of carbonyl (C=O) groups excluding carboxylic acids is 1. The van der Waals surface area contributed by atoms with Crippen LogP contribution in [0, 0.1) is 0 Å². The van der Waals surface area contributed by atoms with Crippen LogP contribution in [0.3, 0.4) is 0 Å². The molecule has 0 radical (unpaired) electrons. The molecule has 1 saturated heterocycles. The zero-order valence-corrected chi connectivity index (χ0v) is 13.9. The van der Waals surface area contributed by atoms with E-state index in [9.17, 15) is 9.90 Å². The molecule has 0 aromatic heterocycles. The van der Waals surface area contributed by atoms with Gasteiger partial charge < -0.3 is 10.4 Å². The molecule has 2 aromatic rings. The molecule has 4 nitrogen and oxygen atoms in total. The highest BCUT2D eigenvalue weighted by Crippen LogP contribution is 2.31. The summed E-state index contributed by atoms with van der Waals surface area (Å²) in [7, 11) is 0. The number of benzene rings is 2. The monoisotopic (exact) mass is 364 g/mol. The summed E-state index contributed by atoms with van der Waals surface area (Å²) in [5, 5.41) is 14.1. The summed E-state index contributed by atoms with van der Waals surface area (Å²) >= 11 is 12.9. The molecule has 0 spiro atoms. The first kappa shape index (κ1) is 15.9. The average Bonchev–Trinajstić information content (AvgIpc) is 2.85. The molecule has 116 valence electrons. The number of rotatable bonds is 2. The Morgan fingerprint density at radius 2 is 1.78 bits per heavy atom. The number of phenolic OH excluding ortho intramolecular Hbond substituents is 1. The Morgan fingerprint density at radius 1 is 1.09 bits per heavy atom. The van der Waals surface area contributed by atoms with Crippen molar-refractivity contribution in [3.8, 4) is 5.75 Å². The predicted octanol–water partition coefficient (Wildman–Crippen LogP) is 4.59. The number of hydrogen-bond donors (Lipinski definition) is 2. The molecule has 1 fully saturated rings. The topological polar surface area (TPSA) is 61.7 Å². The molecule has 1 aliphatic heterocycles. The molecule has 3 rings (SSSR count). The maximum atomic E-state index is 12.0. The van der Waals surface area contributed by atoms with Crippen molar-refractivity contribution in [2.45, 2.75) is 0 Å². The average molecular weight is 365 g/mol. The van der Waals surface area contributed by atoms with Gasteiger partial charge in [0.2, 0.25) is 0 Å². The Morgan fingerprint density at radius 3 is 2.52 bits per heavy atom. The van der Waals surface area contributed by atoms with Gasteiger partial charge in [-0.25, -0.2) is 4.99 Å². The van der Waals surface area contributed by atoms with E-state index in [-0.39, 0.29) is 11.7 Å². The van der Waals surface area contributed by atoms with Crippen LogP contribution in [-0.2, 0) is 4.79 Å². The summed E-state index contributed by atoms with van der Waals surface area (Å²) in [4.78, 5) is 16.8. The molecule has 0 bridgehead atoms. The molecule has 2 N–H and O–H groups in total. The molecular weight excluding hydrogens is 355 g/mol. The van der Waals surface area contributed by atoms with E-state index in [1.165, 1.54) is 17.8 Å². The minimum absolute atomic E-state index is 0.0541. The predicted molar refractivity (Wildman–Crippen MR) is 95.4 cm³/mol. The highest BCUT2D eigenvalue weighted by Gasteiger charge is 2.24. The molecule has 1 aliphatic rings. The van der Waals surface area contributed by atoms with E-state index in [1.807, 2.05) is 0 Å². The highest BCUT2D eigenvalue weighted by atomic mass is 35.5. The first-order chi connectivity index (χ1) is 11.0. The van der Waals surface area contributed by atoms with Crippen molar-refractivity contribution in [2.24, 2.45) is 4.99 Å². The lowest BCUT2D eigenvalue weighted by Gasteiger charge is -2.00. The lowest BCUT2D eigenvalue weighted by molar-refractivity contribution is -0.115. The number of aliphatic imine (C=N–C) groups is 1. The van der Waals surface area contributed by atoms with Gasteiger partial charge in [0, 0.05) is 15.6 Å². The maximum absolute atomic E-state index is 12.0. The minimum atomic E-state index is -0.276. The molecule has 2 aromatic carbocycles. The van der Waals surface area contributed by atoms with Crippen LogP contribution in [0.1, 0.15) is 5.56 Å². The maximum Gasteiger partial charge on any atom is 0.264 e. The van der Waals surface area contributed by atoms with Crippen molar-refractivity contribution >= 4 is 57.8 Å². The van der Waals surface area contributed by atoms with Crippen LogP contribution < -0.4 is 5.32 Å². The normalized spacial score (nSPS) is 17.7. The summed E-state index contributed by atoms with van der Waals surface area (Å²) in [5.41, 5.74) is 1.16. The first-order valence-corrected chi connectivity index (χ1v) is 8.12. The Balaban J connectivity index is 1.86. The smallest absolute Gasteiger partial charge is 0.264 e. The second-order valence-electron chi connectivity index (χ2n) is 4.66. The number of hydrogen-bond acceptors (Lipinski definition) is 4. The number of nitrogens with zero attached hydrogens (tertiary/aromatic N) is 1. The summed E-state index contributed by atoms with van der Waals surface area (Å²) in [6, 6.07) is 11.6. The Bertz CT molecular complexity index is 832. The van der Waals surface area contributed by atoms with Crippen molar-refractivity contribution in [3.05, 3.63) is 63.0 Å². The Hall–Kier alpha value is -1.95. The quantitative estimate of drug-likeness (QED) is 0.766. The molecule has 0 atom stereocenters. The number of phenols is 1. The number of carbonyl (C=O) groups is 1. The summed E-state index contributed by atoms with van der Waals surface area (Å²) in [6.45, 7) is 0. The van der Waals surface area contributed by atoms with Crippen LogP contribution in [0.5, 0.6) is 5.75 Å². The van der Waals surface area contributed by atoms with Crippen molar-refractivity contribution in [3.63, 3.8) is 0 Å². The first-order valence-electron chi connectivity index (χ1n) is 6.55. The van der Waals surface area contributed by atoms with Crippen LogP contribution in [0.2, 0.25) is 10.0 Å². The van der Waals surface area contributed by atoms with Crippen LogP contribution >= 0.6 is 35.0 Å². The van der Waals surface area contributed by atoms with Gasteiger partial charge in [0.05, 0.1) is 10.6 Å². The lowest BCUT2D eigenvalue weighted by atomic mass is 10.2. The molecule has 23 heavy (non-hydrogen) atoms. The van der Waals surface area contributed by atoms with E-state index in [0.29, 0.717) is 31.4 Å². The van der Waals surface area contributed by atoms with Crippen molar-refractivity contribution < 1.29 is 9.90 Å². The molecule has 0 aliphatic carbocycles. The van der Waals surface area contributed by atoms with Gasteiger partial charge in [-0.3, -0.25) is 4.79 Å². The third-order valence-corrected chi connectivity index (χ3v) is 4.38. The zero-order chi connectivity index (χ0) is 16.4. The van der Waals surface area contributed by atoms with Crippen molar-refractivity contribution in [2.75, 3.05) is 0 Å². The lowest BCUT2D eigenvalue weighted by Crippen LogP contribution is -2.19. The van der Waals surface area contributed by atoms with Crippen LogP contribution in [-0.4, -0.2) is 16.2 Å². The number of halogens is 2. The van der Waals surface area contributed by atoms with Crippen LogP contribution in [0.25, 0.3) is 6.08 Å². The fraction of sp³-hybridized carbons (Fsp3) is 0. The fourth-order valence-corrected chi connectivity index (χ4v) is 3.03. The van der Waals surface area contributed by atoms with Gasteiger partial charge in [-0.05, 0) is 60.3 Å². The molecule has 0 unspecified atom stereocenters. The van der Waals surface area contributed by atoms with Crippen molar-refractivity contribution in [1.29, 1.82) is 0 Å². The molecule has 1 amide bonds. The van der Waals surface area contributed by atoms with E-state index < -0.39 is 0 Å². The second kappa shape index (κ2) is 6.66. The van der Waals surface area contributed by atoms with E-state index in [0.717, 1.165) is 0 Å². The number of amidine groups is 1. The second-order valence-corrected chi connectivity index (χ2v) is 6.56. The van der Waals surface area contributed by atoms with Gasteiger partial charge in [0.15, 0.2) is 5.17 Å². The Labute approximate surface area is 146 Å². The molecule has 7 heteroatoms. The third-order valence-electron chi connectivity index (χ3n) is 2.98.